The maximum atomic E-state index is 8.63. The van der Waals surface area contributed by atoms with Crippen LogP contribution in [0.3, 0.4) is 0 Å². The van der Waals surface area contributed by atoms with Crippen LogP contribution in [0.25, 0.3) is 0 Å². The number of hydrogen-bond donors (Lipinski definition) is 1. The van der Waals surface area contributed by atoms with Crippen molar-refractivity contribution >= 4 is 44.2 Å². The van der Waals surface area contributed by atoms with Gasteiger partial charge in [0.2, 0.25) is 0 Å². The van der Waals surface area contributed by atoms with Gasteiger partial charge in [0.25, 0.3) is 0 Å². The van der Waals surface area contributed by atoms with Gasteiger partial charge >= 0.3 is 0 Å². The lowest BCUT2D eigenvalue weighted by Gasteiger charge is -2.10. The SMILES string of the molecule is CC(C#N)Nc1cc(Br)ccc1I. The van der Waals surface area contributed by atoms with E-state index in [4.69, 9.17) is 5.26 Å². The van der Waals surface area contributed by atoms with Gasteiger partial charge in [0, 0.05) is 13.7 Å². The van der Waals surface area contributed by atoms with Gasteiger partial charge in [0.15, 0.2) is 0 Å². The molecule has 1 atom stereocenters. The van der Waals surface area contributed by atoms with Gasteiger partial charge in [0.1, 0.15) is 6.04 Å². The molecule has 13 heavy (non-hydrogen) atoms. The van der Waals surface area contributed by atoms with Crippen molar-refractivity contribution in [1.29, 1.82) is 5.26 Å². The fraction of sp³-hybridized carbons (Fsp3) is 0.222. The molecule has 0 fully saturated rings. The maximum absolute atomic E-state index is 8.63. The molecule has 1 aromatic rings. The summed E-state index contributed by atoms with van der Waals surface area (Å²) in [6.45, 7) is 1.83. The van der Waals surface area contributed by atoms with Gasteiger partial charge in [-0.3, -0.25) is 0 Å². The molecular formula is C9H8BrIN2. The Hall–Kier alpha value is -0.280. The van der Waals surface area contributed by atoms with E-state index >= 15 is 0 Å². The highest BCUT2D eigenvalue weighted by Crippen LogP contribution is 2.23. The summed E-state index contributed by atoms with van der Waals surface area (Å²) in [6, 6.07) is 7.91. The Labute approximate surface area is 99.6 Å². The van der Waals surface area contributed by atoms with Gasteiger partial charge in [-0.1, -0.05) is 15.9 Å². The van der Waals surface area contributed by atoms with Crippen LogP contribution in [0.15, 0.2) is 22.7 Å². The van der Waals surface area contributed by atoms with E-state index in [1.54, 1.807) is 0 Å². The number of nitrogens with one attached hydrogen (secondary N) is 1. The quantitative estimate of drug-likeness (QED) is 0.830. The second-order valence-corrected chi connectivity index (χ2v) is 4.70. The van der Waals surface area contributed by atoms with E-state index in [0.717, 1.165) is 13.7 Å². The van der Waals surface area contributed by atoms with Crippen molar-refractivity contribution in [1.82, 2.24) is 0 Å². The van der Waals surface area contributed by atoms with E-state index in [1.165, 1.54) is 0 Å². The van der Waals surface area contributed by atoms with Crippen molar-refractivity contribution in [2.45, 2.75) is 13.0 Å². The minimum atomic E-state index is -0.164. The average Bonchev–Trinajstić information content (AvgIpc) is 2.11. The molecule has 4 heteroatoms. The molecule has 0 radical (unpaired) electrons. The number of rotatable bonds is 2. The van der Waals surface area contributed by atoms with Crippen molar-refractivity contribution in [3.8, 4) is 6.07 Å². The van der Waals surface area contributed by atoms with Gasteiger partial charge in [-0.2, -0.15) is 5.26 Å². The van der Waals surface area contributed by atoms with Crippen LogP contribution < -0.4 is 5.32 Å². The molecule has 1 aromatic carbocycles. The first-order valence-electron chi connectivity index (χ1n) is 3.74. The van der Waals surface area contributed by atoms with Crippen molar-refractivity contribution in [3.05, 3.63) is 26.2 Å². The second-order valence-electron chi connectivity index (χ2n) is 2.62. The van der Waals surface area contributed by atoms with E-state index in [-0.39, 0.29) is 6.04 Å². The van der Waals surface area contributed by atoms with E-state index < -0.39 is 0 Å². The lowest BCUT2D eigenvalue weighted by molar-refractivity contribution is 1.01. The molecule has 0 bridgehead atoms. The fourth-order valence-corrected chi connectivity index (χ4v) is 1.73. The van der Waals surface area contributed by atoms with Crippen LogP contribution in [0.1, 0.15) is 6.92 Å². The third-order valence-corrected chi connectivity index (χ3v) is 2.93. The van der Waals surface area contributed by atoms with Crippen LogP contribution in [-0.4, -0.2) is 6.04 Å². The number of halogens is 2. The number of anilines is 1. The lowest BCUT2D eigenvalue weighted by atomic mass is 10.3. The topological polar surface area (TPSA) is 35.8 Å². The molecule has 0 saturated carbocycles. The highest BCUT2D eigenvalue weighted by molar-refractivity contribution is 14.1. The van der Waals surface area contributed by atoms with Gasteiger partial charge in [-0.25, -0.2) is 0 Å². The van der Waals surface area contributed by atoms with Crippen LogP contribution in [0.2, 0.25) is 0 Å². The Morgan fingerprint density at radius 3 is 2.92 bits per heavy atom. The number of nitriles is 1. The van der Waals surface area contributed by atoms with Gasteiger partial charge < -0.3 is 5.32 Å². The zero-order valence-corrected chi connectivity index (χ0v) is 10.8. The Bertz CT molecular complexity index is 346. The van der Waals surface area contributed by atoms with Crippen LogP contribution >= 0.6 is 38.5 Å². The lowest BCUT2D eigenvalue weighted by Crippen LogP contribution is -2.12. The minimum Gasteiger partial charge on any atom is -0.369 e. The summed E-state index contributed by atoms with van der Waals surface area (Å²) in [4.78, 5) is 0. The first-order valence-corrected chi connectivity index (χ1v) is 5.62. The third kappa shape index (κ3) is 3.16. The van der Waals surface area contributed by atoms with Crippen LogP contribution in [0.5, 0.6) is 0 Å². The molecule has 0 aliphatic carbocycles. The summed E-state index contributed by atoms with van der Waals surface area (Å²) in [5.74, 6) is 0. The fourth-order valence-electron chi connectivity index (χ4n) is 0.874. The summed E-state index contributed by atoms with van der Waals surface area (Å²) < 4.78 is 2.13. The molecule has 0 spiro atoms. The van der Waals surface area contributed by atoms with E-state index in [2.05, 4.69) is 49.9 Å². The summed E-state index contributed by atoms with van der Waals surface area (Å²) in [5.41, 5.74) is 0.990. The molecule has 1 N–H and O–H groups in total. The number of hydrogen-bond acceptors (Lipinski definition) is 2. The second kappa shape index (κ2) is 4.82. The number of benzene rings is 1. The Balaban J connectivity index is 2.88. The van der Waals surface area contributed by atoms with Crippen molar-refractivity contribution in [2.24, 2.45) is 0 Å². The first-order chi connectivity index (χ1) is 6.13. The Kier molecular flexibility index (Phi) is 4.00. The standard InChI is InChI=1S/C9H8BrIN2/c1-6(5-12)13-9-4-7(10)2-3-8(9)11/h2-4,6,13H,1H3. The molecule has 1 rings (SSSR count). The molecule has 0 amide bonds. The summed E-state index contributed by atoms with van der Waals surface area (Å²) in [5, 5.41) is 11.7. The molecular weight excluding hydrogens is 343 g/mol. The van der Waals surface area contributed by atoms with E-state index in [1.807, 2.05) is 25.1 Å². The smallest absolute Gasteiger partial charge is 0.111 e. The summed E-state index contributed by atoms with van der Waals surface area (Å²) >= 11 is 5.62. The molecule has 0 aliphatic heterocycles. The van der Waals surface area contributed by atoms with Crippen LogP contribution in [0, 0.1) is 14.9 Å². The zero-order chi connectivity index (χ0) is 9.84. The van der Waals surface area contributed by atoms with Crippen molar-refractivity contribution in [2.75, 3.05) is 5.32 Å². The molecule has 0 heterocycles. The van der Waals surface area contributed by atoms with E-state index in [9.17, 15) is 0 Å². The predicted octanol–water partition coefficient (Wildman–Crippen LogP) is 3.38. The average molecular weight is 351 g/mol. The number of nitrogens with zero attached hydrogens (tertiary/aromatic N) is 1. The predicted molar refractivity (Wildman–Crippen MR) is 65.6 cm³/mol. The Morgan fingerprint density at radius 2 is 2.31 bits per heavy atom. The molecule has 0 aromatic heterocycles. The largest absolute Gasteiger partial charge is 0.369 e. The molecule has 0 aliphatic rings. The highest BCUT2D eigenvalue weighted by atomic mass is 127. The third-order valence-electron chi connectivity index (χ3n) is 1.49. The minimum absolute atomic E-state index is 0.164. The van der Waals surface area contributed by atoms with Crippen LogP contribution in [0.4, 0.5) is 5.69 Å². The molecule has 0 saturated heterocycles. The monoisotopic (exact) mass is 350 g/mol. The summed E-state index contributed by atoms with van der Waals surface area (Å²) in [6.07, 6.45) is 0. The normalized spacial score (nSPS) is 11.8. The van der Waals surface area contributed by atoms with Gasteiger partial charge in [-0.05, 0) is 47.7 Å². The van der Waals surface area contributed by atoms with E-state index in [0.29, 0.717) is 0 Å². The first kappa shape index (κ1) is 10.8. The van der Waals surface area contributed by atoms with Crippen molar-refractivity contribution < 1.29 is 0 Å². The van der Waals surface area contributed by atoms with Gasteiger partial charge in [-0.15, -0.1) is 0 Å². The Morgan fingerprint density at radius 1 is 1.62 bits per heavy atom. The highest BCUT2D eigenvalue weighted by Gasteiger charge is 2.03. The molecule has 68 valence electrons. The van der Waals surface area contributed by atoms with Crippen LogP contribution in [-0.2, 0) is 0 Å². The zero-order valence-electron chi connectivity index (χ0n) is 7.01. The maximum Gasteiger partial charge on any atom is 0.111 e. The van der Waals surface area contributed by atoms with Crippen molar-refractivity contribution in [3.63, 3.8) is 0 Å². The summed E-state index contributed by atoms with van der Waals surface area (Å²) in [7, 11) is 0. The molecule has 1 unspecified atom stereocenters. The van der Waals surface area contributed by atoms with Gasteiger partial charge in [0.05, 0.1) is 6.07 Å². The molecule has 2 nitrogen and oxygen atoms in total.